The third-order valence-electron chi connectivity index (χ3n) is 5.26. The topological polar surface area (TPSA) is 66.5 Å². The van der Waals surface area contributed by atoms with E-state index in [0.29, 0.717) is 19.0 Å². The predicted molar refractivity (Wildman–Crippen MR) is 114 cm³/mol. The Labute approximate surface area is 185 Å². The van der Waals surface area contributed by atoms with Crippen molar-refractivity contribution in [1.29, 1.82) is 0 Å². The molecule has 0 radical (unpaired) electrons. The number of nitrogens with zero attached hydrogens (tertiary/aromatic N) is 1. The summed E-state index contributed by atoms with van der Waals surface area (Å²) in [7, 11) is -3.59. The van der Waals surface area contributed by atoms with E-state index in [-0.39, 0.29) is 22.6 Å². The lowest BCUT2D eigenvalue weighted by atomic mass is 10.0. The van der Waals surface area contributed by atoms with E-state index in [1.165, 1.54) is 40.7 Å². The zero-order valence-corrected chi connectivity index (χ0v) is 18.3. The van der Waals surface area contributed by atoms with Crippen molar-refractivity contribution >= 4 is 15.9 Å². The molecule has 1 aliphatic heterocycles. The third-order valence-corrected chi connectivity index (χ3v) is 7.17. The van der Waals surface area contributed by atoms with E-state index in [1.54, 1.807) is 0 Å². The van der Waals surface area contributed by atoms with Crippen LogP contribution in [0, 0.1) is 17.8 Å². The fourth-order valence-electron chi connectivity index (χ4n) is 3.30. The van der Waals surface area contributed by atoms with Gasteiger partial charge in [-0.2, -0.15) is 17.5 Å². The number of hydrogen-bond donors (Lipinski definition) is 1. The summed E-state index contributed by atoms with van der Waals surface area (Å²) in [6.45, 7) is 3.00. The Morgan fingerprint density at radius 1 is 1.12 bits per heavy atom. The SMILES string of the molecule is CC1CCN(S(=O)(=O)c2ccc(C(=O)NCC#Cc3cccc(C(F)(F)F)c3)cc2)CC1. The molecule has 0 unspecified atom stereocenters. The lowest BCUT2D eigenvalue weighted by Crippen LogP contribution is -2.37. The quantitative estimate of drug-likeness (QED) is 0.698. The number of nitrogens with one attached hydrogen (secondary N) is 1. The third kappa shape index (κ3) is 5.90. The molecule has 5 nitrogen and oxygen atoms in total. The molecule has 0 bridgehead atoms. The van der Waals surface area contributed by atoms with Crippen LogP contribution in [-0.2, 0) is 16.2 Å². The van der Waals surface area contributed by atoms with Crippen molar-refractivity contribution in [3.8, 4) is 11.8 Å². The fraction of sp³-hybridized carbons (Fsp3) is 0.348. The Morgan fingerprint density at radius 2 is 1.78 bits per heavy atom. The number of carbonyl (C=O) groups is 1. The number of rotatable bonds is 4. The Balaban J connectivity index is 1.59. The highest BCUT2D eigenvalue weighted by molar-refractivity contribution is 7.89. The van der Waals surface area contributed by atoms with Gasteiger partial charge in [0.15, 0.2) is 0 Å². The molecule has 0 saturated carbocycles. The van der Waals surface area contributed by atoms with Crippen LogP contribution in [0.25, 0.3) is 0 Å². The molecule has 1 fully saturated rings. The molecule has 0 aliphatic carbocycles. The number of sulfonamides is 1. The van der Waals surface area contributed by atoms with E-state index in [9.17, 15) is 26.4 Å². The number of hydrogen-bond acceptors (Lipinski definition) is 3. The number of benzene rings is 2. The second kappa shape index (κ2) is 9.76. The summed E-state index contributed by atoms with van der Waals surface area (Å²) in [5.41, 5.74) is -0.338. The van der Waals surface area contributed by atoms with E-state index in [2.05, 4.69) is 24.1 Å². The Bertz CT molecular complexity index is 1130. The van der Waals surface area contributed by atoms with Crippen LogP contribution in [0.3, 0.4) is 0 Å². The van der Waals surface area contributed by atoms with Gasteiger partial charge in [-0.15, -0.1) is 0 Å². The van der Waals surface area contributed by atoms with Crippen molar-refractivity contribution in [2.75, 3.05) is 19.6 Å². The molecule has 3 rings (SSSR count). The minimum absolute atomic E-state index is 0.0684. The lowest BCUT2D eigenvalue weighted by Gasteiger charge is -2.29. The van der Waals surface area contributed by atoms with Gasteiger partial charge in [0.1, 0.15) is 0 Å². The molecule has 1 amide bonds. The van der Waals surface area contributed by atoms with E-state index in [4.69, 9.17) is 0 Å². The highest BCUT2D eigenvalue weighted by Gasteiger charge is 2.30. The molecule has 32 heavy (non-hydrogen) atoms. The minimum atomic E-state index is -4.45. The molecular formula is C23H23F3N2O3S. The van der Waals surface area contributed by atoms with Crippen LogP contribution in [0.15, 0.2) is 53.4 Å². The second-order valence-electron chi connectivity index (χ2n) is 7.67. The molecule has 9 heteroatoms. The first-order valence-corrected chi connectivity index (χ1v) is 11.6. The molecule has 1 heterocycles. The molecule has 2 aromatic carbocycles. The van der Waals surface area contributed by atoms with Crippen LogP contribution >= 0.6 is 0 Å². The first kappa shape index (κ1) is 23.8. The van der Waals surface area contributed by atoms with E-state index in [1.807, 2.05) is 0 Å². The van der Waals surface area contributed by atoms with Crippen LogP contribution < -0.4 is 5.32 Å². The Kier molecular flexibility index (Phi) is 7.26. The molecular weight excluding hydrogens is 441 g/mol. The zero-order chi connectivity index (χ0) is 23.4. The normalized spacial score (nSPS) is 15.6. The van der Waals surface area contributed by atoms with Crippen molar-refractivity contribution < 1.29 is 26.4 Å². The van der Waals surface area contributed by atoms with Gasteiger partial charge in [-0.1, -0.05) is 24.8 Å². The van der Waals surface area contributed by atoms with Gasteiger partial charge in [0.25, 0.3) is 5.91 Å². The first-order chi connectivity index (χ1) is 15.1. The molecule has 0 atom stereocenters. The maximum atomic E-state index is 12.7. The van der Waals surface area contributed by atoms with Crippen LogP contribution in [0.5, 0.6) is 0 Å². The summed E-state index contributed by atoms with van der Waals surface area (Å²) in [6.07, 6.45) is -2.81. The number of carbonyl (C=O) groups excluding carboxylic acids is 1. The van der Waals surface area contributed by atoms with Gasteiger partial charge in [0.05, 0.1) is 17.0 Å². The van der Waals surface area contributed by atoms with Crippen LogP contribution in [-0.4, -0.2) is 38.3 Å². The van der Waals surface area contributed by atoms with E-state index in [0.717, 1.165) is 25.0 Å². The minimum Gasteiger partial charge on any atom is -0.341 e. The summed E-state index contributed by atoms with van der Waals surface area (Å²) < 4.78 is 65.1. The summed E-state index contributed by atoms with van der Waals surface area (Å²) in [6, 6.07) is 10.3. The summed E-state index contributed by atoms with van der Waals surface area (Å²) in [4.78, 5) is 12.4. The fourth-order valence-corrected chi connectivity index (χ4v) is 4.77. The zero-order valence-electron chi connectivity index (χ0n) is 17.4. The Hall–Kier alpha value is -2.83. The average Bonchev–Trinajstić information content (AvgIpc) is 2.76. The highest BCUT2D eigenvalue weighted by Crippen LogP contribution is 2.29. The average molecular weight is 465 g/mol. The van der Waals surface area contributed by atoms with Crippen molar-refractivity contribution in [3.05, 3.63) is 65.2 Å². The Morgan fingerprint density at radius 3 is 2.41 bits per heavy atom. The molecule has 1 N–H and O–H groups in total. The van der Waals surface area contributed by atoms with E-state index < -0.39 is 27.7 Å². The van der Waals surface area contributed by atoms with Crippen LogP contribution in [0.1, 0.15) is 41.3 Å². The number of halogens is 3. The van der Waals surface area contributed by atoms with Crippen molar-refractivity contribution in [2.45, 2.75) is 30.8 Å². The number of piperidine rings is 1. The van der Waals surface area contributed by atoms with E-state index >= 15 is 0 Å². The molecule has 1 aliphatic rings. The first-order valence-electron chi connectivity index (χ1n) is 10.1. The number of amides is 1. The monoisotopic (exact) mass is 464 g/mol. The van der Waals surface area contributed by atoms with Gasteiger partial charge in [0, 0.05) is 24.2 Å². The van der Waals surface area contributed by atoms with Crippen LogP contribution in [0.2, 0.25) is 0 Å². The lowest BCUT2D eigenvalue weighted by molar-refractivity contribution is -0.137. The number of alkyl halides is 3. The van der Waals surface area contributed by atoms with Crippen LogP contribution in [0.4, 0.5) is 13.2 Å². The summed E-state index contributed by atoms with van der Waals surface area (Å²) in [5.74, 6) is 5.24. The standard InChI is InChI=1S/C23H23F3N2O3S/c1-17-11-14-28(15-12-17)32(30,31)21-9-7-19(8-10-21)22(29)27-13-3-5-18-4-2-6-20(16-18)23(24,25)26/h2,4,6-10,16-17H,11-15H2,1H3,(H,27,29). The largest absolute Gasteiger partial charge is 0.416 e. The molecule has 170 valence electrons. The van der Waals surface area contributed by atoms with Gasteiger partial charge in [-0.25, -0.2) is 8.42 Å². The van der Waals surface area contributed by atoms with Gasteiger partial charge < -0.3 is 5.32 Å². The van der Waals surface area contributed by atoms with Gasteiger partial charge >= 0.3 is 6.18 Å². The second-order valence-corrected chi connectivity index (χ2v) is 9.61. The van der Waals surface area contributed by atoms with Crippen molar-refractivity contribution in [3.63, 3.8) is 0 Å². The van der Waals surface area contributed by atoms with Gasteiger partial charge in [-0.3, -0.25) is 4.79 Å². The molecule has 0 aromatic heterocycles. The van der Waals surface area contributed by atoms with Crippen molar-refractivity contribution in [2.24, 2.45) is 5.92 Å². The van der Waals surface area contributed by atoms with Crippen molar-refractivity contribution in [1.82, 2.24) is 9.62 Å². The predicted octanol–water partition coefficient (Wildman–Crippen LogP) is 3.91. The summed E-state index contributed by atoms with van der Waals surface area (Å²) >= 11 is 0. The molecule has 2 aromatic rings. The maximum Gasteiger partial charge on any atom is 0.416 e. The molecule has 0 spiro atoms. The van der Waals surface area contributed by atoms with Gasteiger partial charge in [-0.05, 0) is 61.2 Å². The van der Waals surface area contributed by atoms with Gasteiger partial charge in [0.2, 0.25) is 10.0 Å². The smallest absolute Gasteiger partial charge is 0.341 e. The molecule has 1 saturated heterocycles. The maximum absolute atomic E-state index is 12.7. The highest BCUT2D eigenvalue weighted by atomic mass is 32.2. The summed E-state index contributed by atoms with van der Waals surface area (Å²) in [5, 5.41) is 2.55.